The quantitative estimate of drug-likeness (QED) is 0.210. The highest BCUT2D eigenvalue weighted by Gasteiger charge is 2.36. The molecule has 0 aliphatic carbocycles. The van der Waals surface area contributed by atoms with E-state index in [9.17, 15) is 10.1 Å². The Bertz CT molecular complexity index is 1850. The molecule has 1 amide bonds. The molecule has 0 saturated carbocycles. The number of nitrogens with zero attached hydrogens (tertiary/aromatic N) is 7. The molecule has 0 radical (unpaired) electrons. The van der Waals surface area contributed by atoms with E-state index < -0.39 is 11.4 Å². The van der Waals surface area contributed by atoms with Crippen molar-refractivity contribution in [3.8, 4) is 28.8 Å². The van der Waals surface area contributed by atoms with Crippen LogP contribution in [0.1, 0.15) is 46.6 Å². The lowest BCUT2D eigenvalue weighted by Gasteiger charge is -2.46. The van der Waals surface area contributed by atoms with E-state index >= 15 is 4.39 Å². The lowest BCUT2D eigenvalue weighted by atomic mass is 9.94. The van der Waals surface area contributed by atoms with E-state index in [0.717, 1.165) is 13.1 Å². The lowest BCUT2D eigenvalue weighted by molar-refractivity contribution is -0.128. The second-order valence-corrected chi connectivity index (χ2v) is 13.0. The van der Waals surface area contributed by atoms with Gasteiger partial charge in [0.15, 0.2) is 5.65 Å². The first-order valence-corrected chi connectivity index (χ1v) is 16.0. The smallest absolute Gasteiger partial charge is 0.264 e. The summed E-state index contributed by atoms with van der Waals surface area (Å²) in [7, 11) is 0. The summed E-state index contributed by atoms with van der Waals surface area (Å²) in [6, 6.07) is 16.2. The van der Waals surface area contributed by atoms with Crippen molar-refractivity contribution in [1.29, 1.82) is 5.26 Å². The van der Waals surface area contributed by atoms with Gasteiger partial charge in [0.1, 0.15) is 46.8 Å². The number of hydrogen-bond donors (Lipinski definition) is 2. The SMILES string of the molecule is CC1CN(C(C)(C)C=C(C#N)C(=O)N2CCC[C@@H](n3nc(-c4ccc(Oc5ccccc5)cc4F)c4c(N)ncnc43)C2)[C@@H](C)CN1. The van der Waals surface area contributed by atoms with Gasteiger partial charge in [0, 0.05) is 55.4 Å². The normalized spacial score (nSPS) is 21.1. The number of piperazine rings is 1. The van der Waals surface area contributed by atoms with Gasteiger partial charge < -0.3 is 20.7 Å². The number of nitrogens with two attached hydrogens (primary N) is 1. The third kappa shape index (κ3) is 6.54. The molecule has 47 heavy (non-hydrogen) atoms. The number of amides is 1. The number of fused-ring (bicyclic) bond motifs is 1. The minimum absolute atomic E-state index is 0.117. The number of carbonyl (C=O) groups excluding carboxylic acids is 1. The van der Waals surface area contributed by atoms with Crippen LogP contribution in [0.2, 0.25) is 0 Å². The summed E-state index contributed by atoms with van der Waals surface area (Å²) in [6.45, 7) is 10.9. The van der Waals surface area contributed by atoms with E-state index in [-0.39, 0.29) is 34.9 Å². The maximum Gasteiger partial charge on any atom is 0.264 e. The maximum absolute atomic E-state index is 15.7. The Morgan fingerprint density at radius 3 is 2.68 bits per heavy atom. The van der Waals surface area contributed by atoms with Crippen molar-refractivity contribution in [2.45, 2.75) is 64.2 Å². The zero-order valence-corrected chi connectivity index (χ0v) is 27.2. The first kappa shape index (κ1) is 32.1. The van der Waals surface area contributed by atoms with Gasteiger partial charge in [-0.25, -0.2) is 19.0 Å². The monoisotopic (exact) mass is 637 g/mol. The number of piperidine rings is 1. The number of ether oxygens (including phenoxy) is 1. The molecule has 2 aliphatic rings. The van der Waals surface area contributed by atoms with Crippen LogP contribution >= 0.6 is 0 Å². The minimum Gasteiger partial charge on any atom is -0.457 e. The number of nitrogen functional groups attached to an aromatic ring is 1. The van der Waals surface area contributed by atoms with Crippen LogP contribution in [0.25, 0.3) is 22.3 Å². The van der Waals surface area contributed by atoms with Crippen LogP contribution in [0.3, 0.4) is 0 Å². The van der Waals surface area contributed by atoms with Crippen LogP contribution in [0.5, 0.6) is 11.5 Å². The molecule has 2 fully saturated rings. The van der Waals surface area contributed by atoms with Gasteiger partial charge in [0.05, 0.1) is 11.4 Å². The molecular formula is C35H40FN9O2. The number of rotatable bonds is 7. The molecule has 0 spiro atoms. The predicted octanol–water partition coefficient (Wildman–Crippen LogP) is 5.08. The fourth-order valence-corrected chi connectivity index (χ4v) is 6.73. The van der Waals surface area contributed by atoms with Crippen molar-refractivity contribution in [3.63, 3.8) is 0 Å². The molecule has 0 bridgehead atoms. The van der Waals surface area contributed by atoms with Crippen LogP contribution in [0.4, 0.5) is 10.2 Å². The third-order valence-corrected chi connectivity index (χ3v) is 9.08. The Morgan fingerprint density at radius 2 is 1.94 bits per heavy atom. The lowest BCUT2D eigenvalue weighted by Crippen LogP contribution is -2.60. The number of halogens is 1. The number of carbonyl (C=O) groups is 1. The molecule has 4 heterocycles. The van der Waals surface area contributed by atoms with E-state index in [1.807, 2.05) is 32.0 Å². The van der Waals surface area contributed by atoms with Crippen molar-refractivity contribution in [2.75, 3.05) is 31.9 Å². The molecule has 12 heteroatoms. The largest absolute Gasteiger partial charge is 0.457 e. The summed E-state index contributed by atoms with van der Waals surface area (Å²) in [6.07, 6.45) is 4.57. The Balaban J connectivity index is 1.28. The number of likely N-dealkylation sites (tertiary alicyclic amines) is 1. The standard InChI is InChI=1S/C35H40FN9O2/c1-22-19-44(23(2)18-39-22)35(3,4)16-24(17-37)34(46)43-14-8-9-25(20-43)45-33-30(32(38)40-21-41-33)31(42-45)28-13-12-27(15-29(28)36)47-26-10-6-5-7-11-26/h5-7,10-13,15-16,21-23,25,39H,8-9,14,18-20H2,1-4H3,(H2,38,40,41)/t22?,23-,25+/m0/s1. The highest BCUT2D eigenvalue weighted by Crippen LogP contribution is 2.36. The first-order valence-electron chi connectivity index (χ1n) is 16.0. The first-order chi connectivity index (χ1) is 22.6. The van der Waals surface area contributed by atoms with Crippen molar-refractivity contribution < 1.29 is 13.9 Å². The summed E-state index contributed by atoms with van der Waals surface area (Å²) < 4.78 is 23.2. The highest BCUT2D eigenvalue weighted by molar-refractivity contribution is 5.99. The van der Waals surface area contributed by atoms with Crippen LogP contribution in [0, 0.1) is 17.1 Å². The summed E-state index contributed by atoms with van der Waals surface area (Å²) in [5.74, 6) is 0.268. The van der Waals surface area contributed by atoms with Gasteiger partial charge in [-0.3, -0.25) is 9.69 Å². The number of benzene rings is 2. The Labute approximate surface area is 273 Å². The average Bonchev–Trinajstić information content (AvgIpc) is 3.45. The summed E-state index contributed by atoms with van der Waals surface area (Å²) in [4.78, 5) is 26.5. The van der Waals surface area contributed by atoms with Gasteiger partial charge in [-0.1, -0.05) is 18.2 Å². The molecule has 3 atom stereocenters. The minimum atomic E-state index is -0.534. The second-order valence-electron chi connectivity index (χ2n) is 13.0. The van der Waals surface area contributed by atoms with E-state index in [1.165, 1.54) is 12.4 Å². The summed E-state index contributed by atoms with van der Waals surface area (Å²) in [5.41, 5.74) is 6.93. The van der Waals surface area contributed by atoms with Crippen LogP contribution in [-0.2, 0) is 4.79 Å². The fraction of sp³-hybridized carbons (Fsp3) is 0.400. The molecule has 1 unspecified atom stereocenters. The van der Waals surface area contributed by atoms with Gasteiger partial charge >= 0.3 is 0 Å². The van der Waals surface area contributed by atoms with Gasteiger partial charge in [-0.15, -0.1) is 0 Å². The zero-order valence-electron chi connectivity index (χ0n) is 27.2. The Morgan fingerprint density at radius 1 is 1.15 bits per heavy atom. The molecular weight excluding hydrogens is 597 g/mol. The van der Waals surface area contributed by atoms with Crippen molar-refractivity contribution in [2.24, 2.45) is 0 Å². The highest BCUT2D eigenvalue weighted by atomic mass is 19.1. The molecule has 6 rings (SSSR count). The predicted molar refractivity (Wildman–Crippen MR) is 178 cm³/mol. The number of hydrogen-bond acceptors (Lipinski definition) is 9. The molecule has 2 aliphatic heterocycles. The van der Waals surface area contributed by atoms with Crippen molar-refractivity contribution in [1.82, 2.24) is 34.9 Å². The van der Waals surface area contributed by atoms with E-state index in [2.05, 4.69) is 40.1 Å². The topological polar surface area (TPSA) is 138 Å². The molecule has 2 saturated heterocycles. The average molecular weight is 638 g/mol. The van der Waals surface area contributed by atoms with Crippen LogP contribution < -0.4 is 15.8 Å². The van der Waals surface area contributed by atoms with E-state index in [1.54, 1.807) is 39.9 Å². The maximum atomic E-state index is 15.7. The number of aromatic nitrogens is 4. The van der Waals surface area contributed by atoms with Gasteiger partial charge in [0.2, 0.25) is 0 Å². The molecule has 11 nitrogen and oxygen atoms in total. The van der Waals surface area contributed by atoms with E-state index in [4.69, 9.17) is 15.6 Å². The zero-order chi connectivity index (χ0) is 33.3. The van der Waals surface area contributed by atoms with Crippen molar-refractivity contribution in [3.05, 3.63) is 72.3 Å². The number of nitriles is 1. The fourth-order valence-electron chi connectivity index (χ4n) is 6.73. The van der Waals surface area contributed by atoms with E-state index in [0.29, 0.717) is 60.2 Å². The van der Waals surface area contributed by atoms with Gasteiger partial charge in [-0.2, -0.15) is 10.4 Å². The summed E-state index contributed by atoms with van der Waals surface area (Å²) in [5, 5.41) is 18.9. The summed E-state index contributed by atoms with van der Waals surface area (Å²) >= 11 is 0. The number of anilines is 1. The Hall–Kier alpha value is -4.86. The molecule has 2 aromatic carbocycles. The molecule has 244 valence electrons. The number of para-hydroxylation sites is 1. The van der Waals surface area contributed by atoms with Gasteiger partial charge in [-0.05, 0) is 70.9 Å². The van der Waals surface area contributed by atoms with Crippen LogP contribution in [0.15, 0.2) is 66.5 Å². The third-order valence-electron chi connectivity index (χ3n) is 9.08. The second kappa shape index (κ2) is 13.1. The molecule has 4 aromatic rings. The van der Waals surface area contributed by atoms with Gasteiger partial charge in [0.25, 0.3) is 5.91 Å². The molecule has 3 N–H and O–H groups in total. The Kier molecular flexibility index (Phi) is 8.94. The molecule has 2 aromatic heterocycles. The van der Waals surface area contributed by atoms with Crippen LogP contribution in [-0.4, -0.2) is 79.3 Å². The number of nitrogens with one attached hydrogen (secondary N) is 1. The van der Waals surface area contributed by atoms with Crippen molar-refractivity contribution >= 4 is 22.8 Å².